The zero-order chi connectivity index (χ0) is 21.1. The molecule has 0 N–H and O–H groups in total. The van der Waals surface area contributed by atoms with Crippen LogP contribution in [0.1, 0.15) is 24.1 Å². The number of hydrogen-bond acceptors (Lipinski definition) is 7. The van der Waals surface area contributed by atoms with Crippen LogP contribution in [-0.2, 0) is 27.5 Å². The highest BCUT2D eigenvalue weighted by Gasteiger charge is 2.31. The average molecular weight is 427 g/mol. The van der Waals surface area contributed by atoms with Crippen molar-refractivity contribution in [1.82, 2.24) is 15.1 Å². The number of pyridine rings is 1. The van der Waals surface area contributed by atoms with Crippen molar-refractivity contribution in [1.29, 1.82) is 0 Å². The van der Waals surface area contributed by atoms with Crippen LogP contribution in [0.25, 0.3) is 11.4 Å². The van der Waals surface area contributed by atoms with E-state index < -0.39 is 27.3 Å². The Bertz CT molecular complexity index is 1100. The van der Waals surface area contributed by atoms with E-state index in [1.807, 2.05) is 0 Å². The molecule has 2 heterocycles. The summed E-state index contributed by atoms with van der Waals surface area (Å²) in [6, 6.07) is 9.15. The first-order valence-corrected chi connectivity index (χ1v) is 10.3. The summed E-state index contributed by atoms with van der Waals surface area (Å²) in [5, 5.41) is 3.59. The van der Waals surface area contributed by atoms with Gasteiger partial charge >= 0.3 is 6.18 Å². The first-order chi connectivity index (χ1) is 13.7. The Morgan fingerprint density at radius 2 is 1.83 bits per heavy atom. The molecular formula is C18H16F3N3O4S. The van der Waals surface area contributed by atoms with E-state index in [0.29, 0.717) is 12.5 Å². The molecule has 0 aliphatic carbocycles. The van der Waals surface area contributed by atoms with E-state index in [-0.39, 0.29) is 28.7 Å². The summed E-state index contributed by atoms with van der Waals surface area (Å²) in [6.07, 6.45) is -4.52. The maximum atomic E-state index is 12.8. The summed E-state index contributed by atoms with van der Waals surface area (Å²) < 4.78 is 73.5. The molecule has 0 radical (unpaired) electrons. The summed E-state index contributed by atoms with van der Waals surface area (Å²) in [7, 11) is -3.71. The summed E-state index contributed by atoms with van der Waals surface area (Å²) in [5.41, 5.74) is -0.513. The fraction of sp³-hybridized carbons (Fsp3) is 0.278. The molecule has 2 aromatic heterocycles. The highest BCUT2D eigenvalue weighted by Crippen LogP contribution is 2.31. The fourth-order valence-electron chi connectivity index (χ4n) is 2.50. The zero-order valence-corrected chi connectivity index (χ0v) is 16.0. The minimum Gasteiger partial charge on any atom is -0.478 e. The number of benzene rings is 1. The Labute approximate surface area is 164 Å². The molecule has 0 atom stereocenters. The molecule has 0 unspecified atom stereocenters. The van der Waals surface area contributed by atoms with Gasteiger partial charge in [0.05, 0.1) is 23.6 Å². The molecule has 1 aromatic carbocycles. The van der Waals surface area contributed by atoms with Gasteiger partial charge in [-0.2, -0.15) is 18.2 Å². The maximum absolute atomic E-state index is 12.8. The molecule has 7 nitrogen and oxygen atoms in total. The standard InChI is InChI=1S/C18H16F3N3O4S/c1-2-27-15-8-4-7-14(22-15)10-29(25,26)11-16-23-17(24-28-16)12-5-3-6-13(9-12)18(19,20)21/h3-9H,2,10-11H2,1H3. The molecule has 0 saturated heterocycles. The third-order valence-corrected chi connectivity index (χ3v) is 5.12. The topological polar surface area (TPSA) is 95.2 Å². The van der Waals surface area contributed by atoms with Crippen molar-refractivity contribution in [2.45, 2.75) is 24.6 Å². The lowest BCUT2D eigenvalue weighted by Crippen LogP contribution is -2.09. The van der Waals surface area contributed by atoms with Crippen LogP contribution in [0.4, 0.5) is 13.2 Å². The van der Waals surface area contributed by atoms with Crippen molar-refractivity contribution in [2.75, 3.05) is 6.61 Å². The van der Waals surface area contributed by atoms with E-state index in [4.69, 9.17) is 9.26 Å². The maximum Gasteiger partial charge on any atom is 0.416 e. The van der Waals surface area contributed by atoms with Gasteiger partial charge in [-0.25, -0.2) is 13.4 Å². The SMILES string of the molecule is CCOc1cccc(CS(=O)(=O)Cc2nc(-c3cccc(C(F)(F)F)c3)no2)n1. The summed E-state index contributed by atoms with van der Waals surface area (Å²) in [4.78, 5) is 8.01. The van der Waals surface area contributed by atoms with E-state index in [1.165, 1.54) is 12.1 Å². The van der Waals surface area contributed by atoms with Crippen molar-refractivity contribution >= 4 is 9.84 Å². The van der Waals surface area contributed by atoms with Gasteiger partial charge in [0.1, 0.15) is 5.75 Å². The number of alkyl halides is 3. The zero-order valence-electron chi connectivity index (χ0n) is 15.2. The monoisotopic (exact) mass is 427 g/mol. The van der Waals surface area contributed by atoms with Crippen LogP contribution in [0.5, 0.6) is 5.88 Å². The minimum absolute atomic E-state index is 0.0679. The van der Waals surface area contributed by atoms with Crippen LogP contribution in [0.3, 0.4) is 0 Å². The Kier molecular flexibility index (Phi) is 5.87. The second-order valence-corrected chi connectivity index (χ2v) is 8.09. The van der Waals surface area contributed by atoms with Crippen LogP contribution >= 0.6 is 0 Å². The number of nitrogens with zero attached hydrogens (tertiary/aromatic N) is 3. The molecule has 0 aliphatic heterocycles. The molecule has 154 valence electrons. The number of ether oxygens (including phenoxy) is 1. The summed E-state index contributed by atoms with van der Waals surface area (Å²) in [6.45, 7) is 2.17. The van der Waals surface area contributed by atoms with Gasteiger partial charge in [0.2, 0.25) is 17.6 Å². The van der Waals surface area contributed by atoms with Gasteiger partial charge in [-0.05, 0) is 25.1 Å². The van der Waals surface area contributed by atoms with Gasteiger partial charge in [-0.1, -0.05) is 23.4 Å². The van der Waals surface area contributed by atoms with Gasteiger partial charge in [-0.15, -0.1) is 0 Å². The smallest absolute Gasteiger partial charge is 0.416 e. The largest absolute Gasteiger partial charge is 0.478 e. The molecule has 0 bridgehead atoms. The first kappa shape index (κ1) is 20.8. The molecule has 3 rings (SSSR count). The molecule has 3 aromatic rings. The van der Waals surface area contributed by atoms with E-state index in [9.17, 15) is 21.6 Å². The van der Waals surface area contributed by atoms with Crippen LogP contribution in [0, 0.1) is 0 Å². The third-order valence-electron chi connectivity index (χ3n) is 3.70. The molecule has 11 heteroatoms. The Balaban J connectivity index is 1.75. The molecule has 0 fully saturated rings. The second-order valence-electron chi connectivity index (χ2n) is 6.02. The van der Waals surface area contributed by atoms with Crippen molar-refractivity contribution in [2.24, 2.45) is 0 Å². The molecule has 0 amide bonds. The van der Waals surface area contributed by atoms with Crippen molar-refractivity contribution in [3.63, 3.8) is 0 Å². The molecular weight excluding hydrogens is 411 g/mol. The number of rotatable bonds is 7. The lowest BCUT2D eigenvalue weighted by molar-refractivity contribution is -0.137. The van der Waals surface area contributed by atoms with Crippen LogP contribution in [0.15, 0.2) is 47.0 Å². The van der Waals surface area contributed by atoms with Crippen molar-refractivity contribution < 1.29 is 30.8 Å². The quantitative estimate of drug-likeness (QED) is 0.568. The van der Waals surface area contributed by atoms with Gasteiger partial charge in [-0.3, -0.25) is 0 Å². The van der Waals surface area contributed by atoms with Gasteiger partial charge in [0.25, 0.3) is 0 Å². The summed E-state index contributed by atoms with van der Waals surface area (Å²) in [5.74, 6) is -0.990. The normalized spacial score (nSPS) is 12.1. The van der Waals surface area contributed by atoms with E-state index in [2.05, 4.69) is 15.1 Å². The number of aromatic nitrogens is 3. The van der Waals surface area contributed by atoms with Crippen molar-refractivity contribution in [3.8, 4) is 17.3 Å². The lowest BCUT2D eigenvalue weighted by Gasteiger charge is -2.06. The highest BCUT2D eigenvalue weighted by molar-refractivity contribution is 7.89. The Morgan fingerprint density at radius 3 is 2.55 bits per heavy atom. The van der Waals surface area contributed by atoms with Gasteiger partial charge < -0.3 is 9.26 Å². The Hall–Kier alpha value is -2.95. The highest BCUT2D eigenvalue weighted by atomic mass is 32.2. The average Bonchev–Trinajstić information content (AvgIpc) is 3.09. The minimum atomic E-state index is -4.52. The van der Waals surface area contributed by atoms with Crippen LogP contribution in [0.2, 0.25) is 0 Å². The van der Waals surface area contributed by atoms with E-state index in [0.717, 1.165) is 12.1 Å². The molecule has 29 heavy (non-hydrogen) atoms. The van der Waals surface area contributed by atoms with E-state index >= 15 is 0 Å². The number of sulfone groups is 1. The number of halogens is 3. The fourth-order valence-corrected chi connectivity index (χ4v) is 3.70. The molecule has 0 aliphatic rings. The van der Waals surface area contributed by atoms with Gasteiger partial charge in [0.15, 0.2) is 9.84 Å². The van der Waals surface area contributed by atoms with Crippen LogP contribution in [-0.4, -0.2) is 30.1 Å². The Morgan fingerprint density at radius 1 is 1.07 bits per heavy atom. The second kappa shape index (κ2) is 8.19. The molecule has 0 saturated carbocycles. The predicted molar refractivity (Wildman–Crippen MR) is 96.5 cm³/mol. The number of hydrogen-bond donors (Lipinski definition) is 0. The predicted octanol–water partition coefficient (Wildman–Crippen LogP) is 3.66. The molecule has 0 spiro atoms. The van der Waals surface area contributed by atoms with Crippen LogP contribution < -0.4 is 4.74 Å². The lowest BCUT2D eigenvalue weighted by atomic mass is 10.1. The van der Waals surface area contributed by atoms with Gasteiger partial charge in [0, 0.05) is 11.6 Å². The summed E-state index contributed by atoms with van der Waals surface area (Å²) >= 11 is 0. The first-order valence-electron chi connectivity index (χ1n) is 8.45. The van der Waals surface area contributed by atoms with Crippen molar-refractivity contribution in [3.05, 3.63) is 59.6 Å². The third kappa shape index (κ3) is 5.53. The van der Waals surface area contributed by atoms with E-state index in [1.54, 1.807) is 25.1 Å².